The summed E-state index contributed by atoms with van der Waals surface area (Å²) < 4.78 is 34.8. The summed E-state index contributed by atoms with van der Waals surface area (Å²) in [5.74, 6) is -0.395. The number of aliphatic hydroxyl groups is 2. The number of amides is 1. The molecule has 1 aromatic rings. The van der Waals surface area contributed by atoms with Crippen molar-refractivity contribution < 1.29 is 42.3 Å². The van der Waals surface area contributed by atoms with Gasteiger partial charge in [-0.1, -0.05) is 0 Å². The van der Waals surface area contributed by atoms with Gasteiger partial charge in [0.1, 0.15) is 30.1 Å². The van der Waals surface area contributed by atoms with Gasteiger partial charge >= 0.3 is 11.4 Å². The summed E-state index contributed by atoms with van der Waals surface area (Å²) in [5, 5.41) is 33.5. The van der Waals surface area contributed by atoms with E-state index in [4.69, 9.17) is 14.0 Å². The maximum absolute atomic E-state index is 11.4. The van der Waals surface area contributed by atoms with Gasteiger partial charge in [0.25, 0.3) is 5.69 Å². The number of ether oxygens (including phenoxy) is 2. The molecule has 0 radical (unpaired) electrons. The number of rotatable bonds is 7. The van der Waals surface area contributed by atoms with Crippen LogP contribution in [0, 0.1) is 10.1 Å². The minimum atomic E-state index is -2.61. The fourth-order valence-corrected chi connectivity index (χ4v) is 2.71. The topological polar surface area (TPSA) is 178 Å². The lowest BCUT2D eigenvalue weighted by Crippen LogP contribution is -2.65. The highest BCUT2D eigenvalue weighted by atomic mass is 32.2. The third-order valence-electron chi connectivity index (χ3n) is 3.70. The van der Waals surface area contributed by atoms with E-state index in [1.54, 1.807) is 0 Å². The monoisotopic (exact) mass is 406 g/mol. The fraction of sp³-hybridized carbons (Fsp3) is 0.500. The van der Waals surface area contributed by atoms with Gasteiger partial charge in [0.15, 0.2) is 0 Å². The molecule has 0 spiro atoms. The highest BCUT2D eigenvalue weighted by Gasteiger charge is 2.46. The minimum Gasteiger partial charge on any atom is -0.463 e. The Bertz CT molecular complexity index is 698. The van der Waals surface area contributed by atoms with Crippen molar-refractivity contribution in [2.45, 2.75) is 37.6 Å². The molecule has 13 heteroatoms. The number of aliphatic hydroxyl groups excluding tert-OH is 2. The number of carbonyl (C=O) groups excluding carboxylic acids is 1. The smallest absolute Gasteiger partial charge is 0.301 e. The van der Waals surface area contributed by atoms with Crippen molar-refractivity contribution in [3.8, 4) is 5.75 Å². The van der Waals surface area contributed by atoms with Crippen LogP contribution in [0.1, 0.15) is 6.92 Å². The van der Waals surface area contributed by atoms with Gasteiger partial charge in [0, 0.05) is 19.1 Å². The molecule has 6 unspecified atom stereocenters. The second-order valence-electron chi connectivity index (χ2n) is 5.62. The molecule has 1 aliphatic rings. The zero-order valence-electron chi connectivity index (χ0n) is 14.0. The van der Waals surface area contributed by atoms with E-state index in [1.165, 1.54) is 31.2 Å². The second-order valence-corrected chi connectivity index (χ2v) is 6.29. The van der Waals surface area contributed by atoms with Crippen LogP contribution < -0.4 is 10.1 Å². The van der Waals surface area contributed by atoms with E-state index in [0.29, 0.717) is 0 Å². The van der Waals surface area contributed by atoms with Gasteiger partial charge in [0.2, 0.25) is 12.2 Å². The van der Waals surface area contributed by atoms with Crippen molar-refractivity contribution >= 4 is 23.0 Å². The van der Waals surface area contributed by atoms with Gasteiger partial charge in [-0.15, -0.1) is 0 Å². The molecule has 150 valence electrons. The van der Waals surface area contributed by atoms with E-state index in [2.05, 4.69) is 9.50 Å². The third kappa shape index (κ3) is 5.66. The normalized spacial score (nSPS) is 29.0. The van der Waals surface area contributed by atoms with Crippen LogP contribution in [0.3, 0.4) is 0 Å². The van der Waals surface area contributed by atoms with Crippen molar-refractivity contribution in [3.63, 3.8) is 0 Å². The van der Waals surface area contributed by atoms with Crippen LogP contribution in [-0.2, 0) is 25.1 Å². The van der Waals surface area contributed by atoms with E-state index in [9.17, 15) is 29.3 Å². The van der Waals surface area contributed by atoms with Crippen LogP contribution >= 0.6 is 0 Å². The molecule has 6 atom stereocenters. The highest BCUT2D eigenvalue weighted by Crippen LogP contribution is 2.26. The van der Waals surface area contributed by atoms with Gasteiger partial charge in [0.05, 0.1) is 11.5 Å². The molecule has 1 heterocycles. The SMILES string of the molecule is CC(=O)NC1C(Oc2ccc([N+](=O)[O-])cc2)OC(COS(=O)O)C(O)C1O. The number of nitrogens with one attached hydrogen (secondary N) is 1. The largest absolute Gasteiger partial charge is 0.463 e. The summed E-state index contributed by atoms with van der Waals surface area (Å²) in [6.07, 6.45) is -5.62. The summed E-state index contributed by atoms with van der Waals surface area (Å²) in [6.45, 7) is 0.653. The molecule has 1 fully saturated rings. The molecule has 0 aliphatic carbocycles. The number of carbonyl (C=O) groups is 1. The van der Waals surface area contributed by atoms with Crippen molar-refractivity contribution in [2.24, 2.45) is 0 Å². The molecule has 1 amide bonds. The molecule has 1 aromatic carbocycles. The standard InChI is InChI=1S/C14H18N2O10S/c1-7(17)15-11-13(19)12(18)10(6-24-27(22)23)26-14(11)25-9-4-2-8(3-5-9)16(20)21/h2-5,10-14,18-19H,6H2,1H3,(H,15,17)(H,22,23). The Kier molecular flexibility index (Phi) is 7.18. The van der Waals surface area contributed by atoms with E-state index in [0.717, 1.165) is 0 Å². The van der Waals surface area contributed by atoms with Crippen molar-refractivity contribution in [2.75, 3.05) is 6.61 Å². The Hall–Kier alpha value is -2.16. The summed E-state index contributed by atoms with van der Waals surface area (Å²) >= 11 is -2.61. The lowest BCUT2D eigenvalue weighted by Gasteiger charge is -2.42. The van der Waals surface area contributed by atoms with Crippen molar-refractivity contribution in [1.82, 2.24) is 5.32 Å². The van der Waals surface area contributed by atoms with Crippen LogP contribution in [0.2, 0.25) is 0 Å². The Balaban J connectivity index is 2.19. The molecule has 1 aliphatic heterocycles. The highest BCUT2D eigenvalue weighted by molar-refractivity contribution is 7.74. The molecule has 4 N–H and O–H groups in total. The van der Waals surface area contributed by atoms with Gasteiger partial charge in [-0.25, -0.2) is 0 Å². The average Bonchev–Trinajstić information content (AvgIpc) is 2.60. The van der Waals surface area contributed by atoms with E-state index in [-0.39, 0.29) is 11.4 Å². The van der Waals surface area contributed by atoms with Crippen molar-refractivity contribution in [3.05, 3.63) is 34.4 Å². The molecule has 0 aromatic heterocycles. The van der Waals surface area contributed by atoms with E-state index < -0.39 is 59.4 Å². The summed E-state index contributed by atoms with van der Waals surface area (Å²) in [7, 11) is 0. The van der Waals surface area contributed by atoms with Crippen LogP contribution in [0.5, 0.6) is 5.75 Å². The Morgan fingerprint density at radius 3 is 2.48 bits per heavy atom. The maximum Gasteiger partial charge on any atom is 0.301 e. The Morgan fingerprint density at radius 2 is 1.96 bits per heavy atom. The average molecular weight is 406 g/mol. The quantitative estimate of drug-likeness (QED) is 0.251. The zero-order chi connectivity index (χ0) is 20.1. The summed E-state index contributed by atoms with van der Waals surface area (Å²) in [5.41, 5.74) is -0.169. The van der Waals surface area contributed by atoms with Crippen LogP contribution in [0.25, 0.3) is 0 Å². The van der Waals surface area contributed by atoms with E-state index in [1.807, 2.05) is 0 Å². The lowest BCUT2D eigenvalue weighted by atomic mass is 9.97. The Labute approximate surface area is 155 Å². The number of non-ortho nitro benzene ring substituents is 1. The van der Waals surface area contributed by atoms with Gasteiger partial charge in [-0.3, -0.25) is 23.6 Å². The van der Waals surface area contributed by atoms with E-state index >= 15 is 0 Å². The Morgan fingerprint density at radius 1 is 1.33 bits per heavy atom. The second kappa shape index (κ2) is 9.16. The predicted molar refractivity (Wildman–Crippen MR) is 88.7 cm³/mol. The van der Waals surface area contributed by atoms with Crippen LogP contribution in [0.4, 0.5) is 5.69 Å². The zero-order valence-corrected chi connectivity index (χ0v) is 14.8. The molecule has 27 heavy (non-hydrogen) atoms. The third-order valence-corrected chi connectivity index (χ3v) is 4.04. The molecule has 0 bridgehead atoms. The van der Waals surface area contributed by atoms with Crippen LogP contribution in [0.15, 0.2) is 24.3 Å². The lowest BCUT2D eigenvalue weighted by molar-refractivity contribution is -0.384. The number of nitro groups is 1. The first-order valence-electron chi connectivity index (χ1n) is 7.63. The first-order valence-corrected chi connectivity index (χ1v) is 8.66. The number of hydrogen-bond acceptors (Lipinski definition) is 9. The van der Waals surface area contributed by atoms with Crippen molar-refractivity contribution in [1.29, 1.82) is 0 Å². The summed E-state index contributed by atoms with van der Waals surface area (Å²) in [6, 6.07) is 3.78. The van der Waals surface area contributed by atoms with Crippen LogP contribution in [-0.4, -0.2) is 67.1 Å². The first kappa shape index (κ1) is 21.1. The number of nitrogens with zero attached hydrogens (tertiary/aromatic N) is 1. The predicted octanol–water partition coefficient (Wildman–Crippen LogP) is -0.922. The van der Waals surface area contributed by atoms with Gasteiger partial charge in [-0.05, 0) is 12.1 Å². The molecular weight excluding hydrogens is 388 g/mol. The molecule has 12 nitrogen and oxygen atoms in total. The first-order chi connectivity index (χ1) is 12.7. The molecule has 0 saturated carbocycles. The van der Waals surface area contributed by atoms with Gasteiger partial charge < -0.3 is 25.0 Å². The molecular formula is C14H18N2O10S. The maximum atomic E-state index is 11.4. The molecule has 2 rings (SSSR count). The van der Waals surface area contributed by atoms with Gasteiger partial charge in [-0.2, -0.15) is 4.21 Å². The number of hydrogen-bond donors (Lipinski definition) is 4. The summed E-state index contributed by atoms with van der Waals surface area (Å²) in [4.78, 5) is 21.5. The number of nitro benzene ring substituents is 1. The molecule has 1 saturated heterocycles. The minimum absolute atomic E-state index is 0.134. The fourth-order valence-electron chi connectivity index (χ4n) is 2.46. The number of benzene rings is 1.